The van der Waals surface area contributed by atoms with Crippen LogP contribution in [0.25, 0.3) is 22.2 Å². The predicted octanol–water partition coefficient (Wildman–Crippen LogP) is 4.87. The molecule has 0 aliphatic heterocycles. The van der Waals surface area contributed by atoms with Crippen molar-refractivity contribution in [3.05, 3.63) is 89.7 Å². The number of amides is 1. The van der Waals surface area contributed by atoms with Crippen LogP contribution in [0, 0.1) is 0 Å². The van der Waals surface area contributed by atoms with E-state index in [0.717, 1.165) is 34.2 Å². The normalized spacial score (nSPS) is 11.7. The second-order valence-corrected chi connectivity index (χ2v) is 6.68. The number of rotatable bonds is 4. The first kappa shape index (κ1) is 18.7. The molecular weight excluding hydrogens is 379 g/mol. The number of fused-ring (bicyclic) bond motifs is 1. The molecule has 0 aliphatic rings. The smallest absolute Gasteiger partial charge is 0.364 e. The molecule has 1 amide bonds. The van der Waals surface area contributed by atoms with Crippen LogP contribution in [0.3, 0.4) is 0 Å². The first-order valence-corrected chi connectivity index (χ1v) is 8.83. The largest absolute Gasteiger partial charge is 0.416 e. The Bertz CT molecular complexity index is 1190. The van der Waals surface area contributed by atoms with Gasteiger partial charge in [-0.25, -0.2) is 4.98 Å². The molecule has 2 N–H and O–H groups in total. The van der Waals surface area contributed by atoms with Crippen LogP contribution in [0.1, 0.15) is 21.6 Å². The van der Waals surface area contributed by atoms with Crippen molar-refractivity contribution < 1.29 is 18.0 Å². The van der Waals surface area contributed by atoms with E-state index in [-0.39, 0.29) is 5.69 Å². The molecule has 0 aliphatic carbocycles. The molecule has 146 valence electrons. The molecule has 2 heterocycles. The van der Waals surface area contributed by atoms with Gasteiger partial charge >= 0.3 is 6.18 Å². The van der Waals surface area contributed by atoms with Crippen LogP contribution >= 0.6 is 0 Å². The van der Waals surface area contributed by atoms with Gasteiger partial charge in [-0.05, 0) is 48.0 Å². The van der Waals surface area contributed by atoms with E-state index in [9.17, 15) is 18.0 Å². The first-order chi connectivity index (χ1) is 13.8. The highest BCUT2D eigenvalue weighted by molar-refractivity contribution is 5.91. The van der Waals surface area contributed by atoms with Crippen LogP contribution in [0.2, 0.25) is 0 Å². The van der Waals surface area contributed by atoms with Crippen LogP contribution < -0.4 is 5.73 Å². The summed E-state index contributed by atoms with van der Waals surface area (Å²) in [5.74, 6) is -0.587. The summed E-state index contributed by atoms with van der Waals surface area (Å²) >= 11 is 0. The molecule has 0 spiro atoms. The van der Waals surface area contributed by atoms with Crippen LogP contribution in [-0.2, 0) is 12.7 Å². The molecular formula is C22H16F3N3O. The summed E-state index contributed by atoms with van der Waals surface area (Å²) in [7, 11) is 0. The number of nitrogens with two attached hydrogens (primary N) is 1. The van der Waals surface area contributed by atoms with Gasteiger partial charge in [0.15, 0.2) is 0 Å². The van der Waals surface area contributed by atoms with Crippen molar-refractivity contribution in [2.24, 2.45) is 5.73 Å². The number of aromatic nitrogens is 2. The molecule has 29 heavy (non-hydrogen) atoms. The number of carbonyl (C=O) groups is 1. The topological polar surface area (TPSA) is 60.9 Å². The fraction of sp³-hybridized carbons (Fsp3) is 0.0909. The molecule has 0 radical (unpaired) electrons. The Kier molecular flexibility index (Phi) is 4.58. The highest BCUT2D eigenvalue weighted by atomic mass is 19.4. The minimum absolute atomic E-state index is 0.197. The highest BCUT2D eigenvalue weighted by Crippen LogP contribution is 2.29. The zero-order valence-corrected chi connectivity index (χ0v) is 15.1. The number of primary amides is 1. The van der Waals surface area contributed by atoms with Gasteiger partial charge in [-0.3, -0.25) is 4.79 Å². The van der Waals surface area contributed by atoms with Crippen LogP contribution in [0.15, 0.2) is 72.9 Å². The number of carbonyl (C=O) groups excluding carboxylic acids is 1. The molecule has 7 heteroatoms. The lowest BCUT2D eigenvalue weighted by Crippen LogP contribution is -2.12. The maximum Gasteiger partial charge on any atom is 0.416 e. The van der Waals surface area contributed by atoms with Crippen molar-refractivity contribution in [3.63, 3.8) is 0 Å². The van der Waals surface area contributed by atoms with Crippen LogP contribution in [-0.4, -0.2) is 15.5 Å². The lowest BCUT2D eigenvalue weighted by atomic mass is 10.1. The summed E-state index contributed by atoms with van der Waals surface area (Å²) in [6, 6.07) is 17.9. The minimum Gasteiger partial charge on any atom is -0.364 e. The molecule has 0 fully saturated rings. The molecule has 0 bridgehead atoms. The van der Waals surface area contributed by atoms with Crippen LogP contribution in [0.5, 0.6) is 0 Å². The van der Waals surface area contributed by atoms with Crippen molar-refractivity contribution >= 4 is 16.8 Å². The summed E-state index contributed by atoms with van der Waals surface area (Å²) in [5, 5.41) is 0.959. The lowest BCUT2D eigenvalue weighted by molar-refractivity contribution is -0.137. The van der Waals surface area contributed by atoms with Gasteiger partial charge in [-0.1, -0.05) is 24.3 Å². The first-order valence-electron chi connectivity index (χ1n) is 8.83. The number of nitrogens with zero attached hydrogens (tertiary/aromatic N) is 2. The van der Waals surface area contributed by atoms with E-state index in [1.807, 2.05) is 35.0 Å². The van der Waals surface area contributed by atoms with E-state index in [4.69, 9.17) is 5.73 Å². The van der Waals surface area contributed by atoms with E-state index in [1.54, 1.807) is 18.2 Å². The van der Waals surface area contributed by atoms with Crippen LogP contribution in [0.4, 0.5) is 13.2 Å². The van der Waals surface area contributed by atoms with Crippen molar-refractivity contribution in [3.8, 4) is 11.3 Å². The fourth-order valence-corrected chi connectivity index (χ4v) is 3.23. The minimum atomic E-state index is -4.34. The molecule has 2 aromatic heterocycles. The molecule has 4 nitrogen and oxygen atoms in total. The maximum atomic E-state index is 12.7. The SMILES string of the molecule is NC(=O)c1cccc(-c2ccc3c(ccn3Cc3ccc(C(F)(F)F)cc3)c2)n1. The lowest BCUT2D eigenvalue weighted by Gasteiger charge is -2.09. The molecule has 4 aromatic rings. The zero-order valence-electron chi connectivity index (χ0n) is 15.1. The quantitative estimate of drug-likeness (QED) is 0.536. The Morgan fingerprint density at radius 2 is 1.76 bits per heavy atom. The Balaban J connectivity index is 1.62. The average molecular weight is 395 g/mol. The molecule has 0 saturated carbocycles. The van der Waals surface area contributed by atoms with E-state index < -0.39 is 17.6 Å². The Morgan fingerprint density at radius 1 is 1.00 bits per heavy atom. The van der Waals surface area contributed by atoms with Gasteiger partial charge < -0.3 is 10.3 Å². The monoisotopic (exact) mass is 395 g/mol. The number of alkyl halides is 3. The van der Waals surface area contributed by atoms with Gasteiger partial charge in [-0.2, -0.15) is 13.2 Å². The van der Waals surface area contributed by atoms with Gasteiger partial charge in [0.1, 0.15) is 5.69 Å². The standard InChI is InChI=1S/C22H16F3N3O/c23-22(24,25)17-7-4-14(5-8-17)13-28-11-10-16-12-15(6-9-20(16)28)18-2-1-3-19(27-18)21(26)29/h1-12H,13H2,(H2,26,29). The summed E-state index contributed by atoms with van der Waals surface area (Å²) in [4.78, 5) is 15.6. The molecule has 4 rings (SSSR count). The van der Waals surface area contributed by atoms with Gasteiger partial charge in [-0.15, -0.1) is 0 Å². The van der Waals surface area contributed by atoms with Crippen molar-refractivity contribution in [2.45, 2.75) is 12.7 Å². The van der Waals surface area contributed by atoms with Gasteiger partial charge in [0.25, 0.3) is 5.91 Å². The van der Waals surface area contributed by atoms with Crippen molar-refractivity contribution in [1.82, 2.24) is 9.55 Å². The predicted molar refractivity (Wildman–Crippen MR) is 104 cm³/mol. The molecule has 0 saturated heterocycles. The Morgan fingerprint density at radius 3 is 2.45 bits per heavy atom. The highest BCUT2D eigenvalue weighted by Gasteiger charge is 2.29. The van der Waals surface area contributed by atoms with Crippen molar-refractivity contribution in [1.29, 1.82) is 0 Å². The molecule has 0 unspecified atom stereocenters. The third-order valence-corrected chi connectivity index (χ3v) is 4.70. The third kappa shape index (κ3) is 3.85. The summed E-state index contributed by atoms with van der Waals surface area (Å²) in [6.45, 7) is 0.455. The molecule has 0 atom stereocenters. The van der Waals surface area contributed by atoms with Gasteiger partial charge in [0, 0.05) is 29.2 Å². The van der Waals surface area contributed by atoms with Gasteiger partial charge in [0.05, 0.1) is 11.3 Å². The Labute approximate surface area is 164 Å². The summed E-state index contributed by atoms with van der Waals surface area (Å²) in [6.07, 6.45) is -2.45. The van der Waals surface area contributed by atoms with Crippen molar-refractivity contribution in [2.75, 3.05) is 0 Å². The summed E-state index contributed by atoms with van der Waals surface area (Å²) < 4.78 is 40.1. The second kappa shape index (κ2) is 7.09. The van der Waals surface area contributed by atoms with Gasteiger partial charge in [0.2, 0.25) is 0 Å². The number of hydrogen-bond acceptors (Lipinski definition) is 2. The van der Waals surface area contributed by atoms with E-state index in [1.165, 1.54) is 12.1 Å². The van der Waals surface area contributed by atoms with E-state index in [0.29, 0.717) is 12.2 Å². The van der Waals surface area contributed by atoms with E-state index in [2.05, 4.69) is 4.98 Å². The second-order valence-electron chi connectivity index (χ2n) is 6.68. The fourth-order valence-electron chi connectivity index (χ4n) is 3.23. The Hall–Kier alpha value is -3.61. The summed E-state index contributed by atoms with van der Waals surface area (Å²) in [5.41, 5.74) is 8.03. The molecule has 2 aromatic carbocycles. The number of benzene rings is 2. The average Bonchev–Trinajstić information content (AvgIpc) is 3.10. The third-order valence-electron chi connectivity index (χ3n) is 4.70. The maximum absolute atomic E-state index is 12.7. The number of pyridine rings is 1. The number of halogens is 3. The zero-order chi connectivity index (χ0) is 20.6. The number of hydrogen-bond donors (Lipinski definition) is 1. The van der Waals surface area contributed by atoms with E-state index >= 15 is 0 Å².